The molecule has 2 rings (SSSR count). The van der Waals surface area contributed by atoms with Crippen molar-refractivity contribution in [1.82, 2.24) is 4.98 Å². The van der Waals surface area contributed by atoms with Crippen LogP contribution in [0.3, 0.4) is 0 Å². The fraction of sp³-hybridized carbons (Fsp3) is 0.400. The van der Waals surface area contributed by atoms with E-state index in [1.54, 1.807) is 13.3 Å². The summed E-state index contributed by atoms with van der Waals surface area (Å²) in [7, 11) is 1.73. The number of nitrogens with two attached hydrogens (primary N) is 1. The van der Waals surface area contributed by atoms with Crippen molar-refractivity contribution in [2.75, 3.05) is 30.9 Å². The first-order valence-electron chi connectivity index (χ1n) is 6.56. The van der Waals surface area contributed by atoms with Gasteiger partial charge in [-0.15, -0.1) is 0 Å². The molecule has 0 bridgehead atoms. The molecule has 2 aromatic rings. The second-order valence-electron chi connectivity index (χ2n) is 4.69. The molecular weight excluding hydrogens is 238 g/mol. The van der Waals surface area contributed by atoms with Gasteiger partial charge in [-0.05, 0) is 32.0 Å². The van der Waals surface area contributed by atoms with Crippen molar-refractivity contribution in [3.63, 3.8) is 0 Å². The van der Waals surface area contributed by atoms with Gasteiger partial charge in [0.2, 0.25) is 0 Å². The third kappa shape index (κ3) is 2.63. The molecule has 1 aromatic heterocycles. The van der Waals surface area contributed by atoms with Crippen LogP contribution in [-0.4, -0.2) is 31.3 Å². The highest BCUT2D eigenvalue weighted by molar-refractivity contribution is 6.00. The number of hydrogen-bond donors (Lipinski definition) is 1. The quantitative estimate of drug-likeness (QED) is 0.839. The van der Waals surface area contributed by atoms with Gasteiger partial charge in [0.05, 0.1) is 6.61 Å². The number of likely N-dealkylation sites (N-methyl/N-ethyl adjacent to an activating group) is 1. The van der Waals surface area contributed by atoms with Crippen molar-refractivity contribution < 1.29 is 4.74 Å². The predicted molar refractivity (Wildman–Crippen MR) is 80.5 cm³/mol. The molecule has 2 N–H and O–H groups in total. The molecule has 0 aliphatic heterocycles. The summed E-state index contributed by atoms with van der Waals surface area (Å²) in [6, 6.07) is 6.35. The second kappa shape index (κ2) is 5.89. The van der Waals surface area contributed by atoms with E-state index in [1.165, 1.54) is 5.69 Å². The Morgan fingerprint density at radius 3 is 2.79 bits per heavy atom. The number of rotatable bonds is 5. The summed E-state index contributed by atoms with van der Waals surface area (Å²) in [4.78, 5) is 6.48. The maximum atomic E-state index is 6.02. The van der Waals surface area contributed by atoms with E-state index in [1.807, 2.05) is 18.3 Å². The van der Waals surface area contributed by atoms with Gasteiger partial charge in [0.1, 0.15) is 0 Å². The molecule has 1 heterocycles. The molecule has 0 saturated carbocycles. The lowest BCUT2D eigenvalue weighted by Crippen LogP contribution is -2.36. The molecule has 1 aromatic carbocycles. The number of benzene rings is 1. The molecule has 0 radical (unpaired) electrons. The minimum absolute atomic E-state index is 0.315. The zero-order chi connectivity index (χ0) is 13.8. The number of nitrogen functional groups attached to an aromatic ring is 1. The molecular formula is C15H21N3O. The van der Waals surface area contributed by atoms with E-state index >= 15 is 0 Å². The van der Waals surface area contributed by atoms with Gasteiger partial charge in [-0.25, -0.2) is 0 Å². The molecule has 4 heteroatoms. The van der Waals surface area contributed by atoms with Crippen LogP contribution < -0.4 is 10.6 Å². The molecule has 4 nitrogen and oxygen atoms in total. The molecule has 0 aliphatic carbocycles. The summed E-state index contributed by atoms with van der Waals surface area (Å²) in [6.45, 7) is 5.93. The number of ether oxygens (including phenoxy) is 1. The van der Waals surface area contributed by atoms with Gasteiger partial charge in [0, 0.05) is 54.2 Å². The Balaban J connectivity index is 2.52. The minimum atomic E-state index is 0.315. The lowest BCUT2D eigenvalue weighted by atomic mass is 10.1. The molecule has 19 heavy (non-hydrogen) atoms. The van der Waals surface area contributed by atoms with Crippen molar-refractivity contribution in [2.24, 2.45) is 0 Å². The third-order valence-corrected chi connectivity index (χ3v) is 3.42. The summed E-state index contributed by atoms with van der Waals surface area (Å²) < 4.78 is 5.26. The van der Waals surface area contributed by atoms with Gasteiger partial charge in [-0.3, -0.25) is 4.98 Å². The first-order valence-corrected chi connectivity index (χ1v) is 6.56. The highest BCUT2D eigenvalue weighted by atomic mass is 16.5. The average molecular weight is 259 g/mol. The Hall–Kier alpha value is -1.81. The Bertz CT molecular complexity index is 556. The van der Waals surface area contributed by atoms with Crippen LogP contribution in [-0.2, 0) is 4.74 Å². The number of anilines is 2. The number of aromatic nitrogens is 1. The van der Waals surface area contributed by atoms with Gasteiger partial charge >= 0.3 is 0 Å². The van der Waals surface area contributed by atoms with Gasteiger partial charge < -0.3 is 15.4 Å². The van der Waals surface area contributed by atoms with Gasteiger partial charge in [0.15, 0.2) is 0 Å². The SMILES string of the molecule is CCN(c1ccc(N)c2cnccc12)C(C)COC. The first-order chi connectivity index (χ1) is 9.19. The van der Waals surface area contributed by atoms with Crippen LogP contribution >= 0.6 is 0 Å². The Kier molecular flexibility index (Phi) is 4.22. The normalized spacial score (nSPS) is 12.6. The predicted octanol–water partition coefficient (Wildman–Crippen LogP) is 2.68. The monoisotopic (exact) mass is 259 g/mol. The number of pyridine rings is 1. The maximum Gasteiger partial charge on any atom is 0.0663 e. The molecule has 0 fully saturated rings. The number of fused-ring (bicyclic) bond motifs is 1. The van der Waals surface area contributed by atoms with E-state index in [4.69, 9.17) is 10.5 Å². The number of nitrogens with zero attached hydrogens (tertiary/aromatic N) is 2. The van der Waals surface area contributed by atoms with Crippen LogP contribution in [0.2, 0.25) is 0 Å². The van der Waals surface area contributed by atoms with E-state index in [-0.39, 0.29) is 0 Å². The lowest BCUT2D eigenvalue weighted by molar-refractivity contribution is 0.182. The van der Waals surface area contributed by atoms with E-state index in [0.29, 0.717) is 12.6 Å². The average Bonchev–Trinajstić information content (AvgIpc) is 2.43. The second-order valence-corrected chi connectivity index (χ2v) is 4.69. The molecule has 1 unspecified atom stereocenters. The molecule has 1 atom stereocenters. The van der Waals surface area contributed by atoms with Crippen molar-refractivity contribution in [3.8, 4) is 0 Å². The Morgan fingerprint density at radius 1 is 1.32 bits per heavy atom. The Labute approximate surface area is 114 Å². The van der Waals surface area contributed by atoms with Gasteiger partial charge in [-0.2, -0.15) is 0 Å². The van der Waals surface area contributed by atoms with Gasteiger partial charge in [0.25, 0.3) is 0 Å². The highest BCUT2D eigenvalue weighted by Crippen LogP contribution is 2.31. The van der Waals surface area contributed by atoms with Crippen molar-refractivity contribution in [3.05, 3.63) is 30.6 Å². The molecule has 0 aliphatic rings. The van der Waals surface area contributed by atoms with Gasteiger partial charge in [-0.1, -0.05) is 0 Å². The topological polar surface area (TPSA) is 51.4 Å². The Morgan fingerprint density at radius 2 is 2.11 bits per heavy atom. The van der Waals surface area contributed by atoms with E-state index in [0.717, 1.165) is 23.0 Å². The summed E-state index contributed by atoms with van der Waals surface area (Å²) in [6.07, 6.45) is 3.63. The number of methoxy groups -OCH3 is 1. The summed E-state index contributed by atoms with van der Waals surface area (Å²) >= 11 is 0. The first kappa shape index (κ1) is 13.6. The molecule has 0 amide bonds. The zero-order valence-electron chi connectivity index (χ0n) is 11.8. The molecule has 0 spiro atoms. The highest BCUT2D eigenvalue weighted by Gasteiger charge is 2.15. The summed E-state index contributed by atoms with van der Waals surface area (Å²) in [5.41, 5.74) is 7.96. The minimum Gasteiger partial charge on any atom is -0.398 e. The standard InChI is InChI=1S/C15H21N3O/c1-4-18(11(2)10-19-3)15-6-5-14(16)13-9-17-8-7-12(13)15/h5-9,11H,4,10,16H2,1-3H3. The summed E-state index contributed by atoms with van der Waals surface area (Å²) in [5, 5.41) is 2.14. The maximum absolute atomic E-state index is 6.02. The van der Waals surface area contributed by atoms with E-state index < -0.39 is 0 Å². The molecule has 102 valence electrons. The van der Waals surface area contributed by atoms with Crippen LogP contribution in [0.25, 0.3) is 10.8 Å². The van der Waals surface area contributed by atoms with Crippen LogP contribution in [0, 0.1) is 0 Å². The number of hydrogen-bond acceptors (Lipinski definition) is 4. The van der Waals surface area contributed by atoms with Crippen molar-refractivity contribution in [2.45, 2.75) is 19.9 Å². The van der Waals surface area contributed by atoms with Crippen LogP contribution in [0.15, 0.2) is 30.6 Å². The van der Waals surface area contributed by atoms with Crippen LogP contribution in [0.1, 0.15) is 13.8 Å². The van der Waals surface area contributed by atoms with Crippen LogP contribution in [0.4, 0.5) is 11.4 Å². The zero-order valence-corrected chi connectivity index (χ0v) is 11.8. The third-order valence-electron chi connectivity index (χ3n) is 3.42. The fourth-order valence-corrected chi connectivity index (χ4v) is 2.50. The summed E-state index contributed by atoms with van der Waals surface area (Å²) in [5.74, 6) is 0. The smallest absolute Gasteiger partial charge is 0.0663 e. The lowest BCUT2D eigenvalue weighted by Gasteiger charge is -2.31. The van der Waals surface area contributed by atoms with Crippen molar-refractivity contribution in [1.29, 1.82) is 0 Å². The van der Waals surface area contributed by atoms with Crippen molar-refractivity contribution >= 4 is 22.1 Å². The van der Waals surface area contributed by atoms with E-state index in [2.05, 4.69) is 29.8 Å². The fourth-order valence-electron chi connectivity index (χ4n) is 2.50. The largest absolute Gasteiger partial charge is 0.398 e. The van der Waals surface area contributed by atoms with E-state index in [9.17, 15) is 0 Å². The van der Waals surface area contributed by atoms with Crippen LogP contribution in [0.5, 0.6) is 0 Å². The molecule has 0 saturated heterocycles.